The summed E-state index contributed by atoms with van der Waals surface area (Å²) in [6.07, 6.45) is 0. The average molecular weight is 190 g/mol. The number of benzene rings is 1. The van der Waals surface area contributed by atoms with E-state index in [1.807, 2.05) is 12.1 Å². The SMILES string of the molecule is CONCc1c(C)[nH]c2ccccc12. The van der Waals surface area contributed by atoms with Crippen LogP contribution in [0.15, 0.2) is 24.3 Å². The van der Waals surface area contributed by atoms with Gasteiger partial charge in [-0.05, 0) is 18.6 Å². The lowest BCUT2D eigenvalue weighted by Crippen LogP contribution is -2.11. The second kappa shape index (κ2) is 3.82. The van der Waals surface area contributed by atoms with Gasteiger partial charge >= 0.3 is 0 Å². The second-order valence-corrected chi connectivity index (χ2v) is 3.30. The minimum atomic E-state index is 0.729. The Bertz CT molecular complexity index is 434. The van der Waals surface area contributed by atoms with Crippen LogP contribution in [-0.2, 0) is 11.4 Å². The smallest absolute Gasteiger partial charge is 0.0572 e. The van der Waals surface area contributed by atoms with Crippen molar-refractivity contribution in [2.24, 2.45) is 0 Å². The molecule has 0 unspecified atom stereocenters. The van der Waals surface area contributed by atoms with E-state index in [1.165, 1.54) is 22.2 Å². The first-order valence-electron chi connectivity index (χ1n) is 4.65. The van der Waals surface area contributed by atoms with Crippen molar-refractivity contribution >= 4 is 10.9 Å². The van der Waals surface area contributed by atoms with E-state index in [-0.39, 0.29) is 0 Å². The molecule has 0 aliphatic rings. The number of aromatic nitrogens is 1. The molecule has 0 fully saturated rings. The summed E-state index contributed by atoms with van der Waals surface area (Å²) in [4.78, 5) is 8.20. The van der Waals surface area contributed by atoms with Gasteiger partial charge in [-0.3, -0.25) is 0 Å². The third-order valence-corrected chi connectivity index (χ3v) is 2.42. The van der Waals surface area contributed by atoms with Crippen molar-refractivity contribution in [3.8, 4) is 0 Å². The van der Waals surface area contributed by atoms with Crippen molar-refractivity contribution in [2.75, 3.05) is 7.11 Å². The predicted octanol–water partition coefficient (Wildman–Crippen LogP) is 2.13. The lowest BCUT2D eigenvalue weighted by Gasteiger charge is -2.01. The fourth-order valence-electron chi connectivity index (χ4n) is 1.71. The second-order valence-electron chi connectivity index (χ2n) is 3.30. The maximum atomic E-state index is 4.86. The van der Waals surface area contributed by atoms with E-state index < -0.39 is 0 Å². The monoisotopic (exact) mass is 190 g/mol. The topological polar surface area (TPSA) is 37.0 Å². The molecule has 0 aliphatic heterocycles. The first-order valence-corrected chi connectivity index (χ1v) is 4.65. The third kappa shape index (κ3) is 1.52. The highest BCUT2D eigenvalue weighted by Crippen LogP contribution is 2.21. The molecule has 3 heteroatoms. The molecule has 1 heterocycles. The molecular formula is C11H14N2O. The van der Waals surface area contributed by atoms with E-state index in [0.29, 0.717) is 0 Å². The summed E-state index contributed by atoms with van der Waals surface area (Å²) in [6, 6.07) is 8.28. The van der Waals surface area contributed by atoms with Gasteiger partial charge in [0.1, 0.15) is 0 Å². The van der Waals surface area contributed by atoms with Gasteiger partial charge in [-0.25, -0.2) is 0 Å². The number of H-pyrrole nitrogens is 1. The molecule has 0 aliphatic carbocycles. The Morgan fingerprint density at radius 1 is 1.36 bits per heavy atom. The van der Waals surface area contributed by atoms with E-state index in [9.17, 15) is 0 Å². The average Bonchev–Trinajstić information content (AvgIpc) is 2.51. The molecule has 2 N–H and O–H groups in total. The largest absolute Gasteiger partial charge is 0.358 e. The highest BCUT2D eigenvalue weighted by Gasteiger charge is 2.06. The van der Waals surface area contributed by atoms with Gasteiger partial charge in [0.05, 0.1) is 7.11 Å². The van der Waals surface area contributed by atoms with Gasteiger partial charge in [0.25, 0.3) is 0 Å². The first-order chi connectivity index (χ1) is 6.83. The Morgan fingerprint density at radius 3 is 2.93 bits per heavy atom. The Kier molecular flexibility index (Phi) is 2.52. The van der Waals surface area contributed by atoms with E-state index in [0.717, 1.165) is 6.54 Å². The lowest BCUT2D eigenvalue weighted by molar-refractivity contribution is 0.0869. The zero-order valence-corrected chi connectivity index (χ0v) is 8.42. The van der Waals surface area contributed by atoms with Gasteiger partial charge in [-0.2, -0.15) is 5.48 Å². The fraction of sp³-hybridized carbons (Fsp3) is 0.273. The molecule has 0 spiro atoms. The maximum Gasteiger partial charge on any atom is 0.0572 e. The van der Waals surface area contributed by atoms with E-state index >= 15 is 0 Å². The Labute approximate surface area is 83.0 Å². The van der Waals surface area contributed by atoms with Crippen molar-refractivity contribution in [1.82, 2.24) is 10.5 Å². The summed E-state index contributed by atoms with van der Waals surface area (Å²) >= 11 is 0. The summed E-state index contributed by atoms with van der Waals surface area (Å²) < 4.78 is 0. The number of nitrogens with one attached hydrogen (secondary N) is 2. The molecular weight excluding hydrogens is 176 g/mol. The zero-order valence-electron chi connectivity index (χ0n) is 8.42. The van der Waals surface area contributed by atoms with Crippen molar-refractivity contribution in [1.29, 1.82) is 0 Å². The molecule has 74 valence electrons. The van der Waals surface area contributed by atoms with Crippen LogP contribution in [0.4, 0.5) is 0 Å². The molecule has 0 saturated heterocycles. The Morgan fingerprint density at radius 2 is 2.14 bits per heavy atom. The molecule has 0 saturated carbocycles. The van der Waals surface area contributed by atoms with Gasteiger partial charge < -0.3 is 9.82 Å². The predicted molar refractivity (Wildman–Crippen MR) is 56.9 cm³/mol. The number of para-hydroxylation sites is 1. The standard InChI is InChI=1S/C11H14N2O/c1-8-10(7-12-14-2)9-5-3-4-6-11(9)13-8/h3-6,12-13H,7H2,1-2H3. The van der Waals surface area contributed by atoms with Crippen LogP contribution in [0.5, 0.6) is 0 Å². The van der Waals surface area contributed by atoms with Crippen LogP contribution in [0.2, 0.25) is 0 Å². The minimum Gasteiger partial charge on any atom is -0.358 e. The first kappa shape index (κ1) is 9.24. The third-order valence-electron chi connectivity index (χ3n) is 2.42. The summed E-state index contributed by atoms with van der Waals surface area (Å²) in [5.41, 5.74) is 6.50. The van der Waals surface area contributed by atoms with Crippen LogP contribution in [0.1, 0.15) is 11.3 Å². The van der Waals surface area contributed by atoms with Gasteiger partial charge in [0.15, 0.2) is 0 Å². The minimum absolute atomic E-state index is 0.729. The highest BCUT2D eigenvalue weighted by molar-refractivity contribution is 5.84. The molecule has 2 aromatic rings. The molecule has 0 radical (unpaired) electrons. The molecule has 0 amide bonds. The number of hydrogen-bond donors (Lipinski definition) is 2. The molecule has 0 atom stereocenters. The number of hydroxylamine groups is 1. The number of fused-ring (bicyclic) bond motifs is 1. The number of aromatic amines is 1. The van der Waals surface area contributed by atoms with Gasteiger partial charge in [0, 0.05) is 23.1 Å². The van der Waals surface area contributed by atoms with Crippen molar-refractivity contribution in [2.45, 2.75) is 13.5 Å². The number of rotatable bonds is 3. The number of hydrogen-bond acceptors (Lipinski definition) is 2. The summed E-state index contributed by atoms with van der Waals surface area (Å²) in [6.45, 7) is 2.80. The van der Waals surface area contributed by atoms with Crippen LogP contribution in [0.25, 0.3) is 10.9 Å². The van der Waals surface area contributed by atoms with Crippen molar-refractivity contribution < 1.29 is 4.84 Å². The summed E-state index contributed by atoms with van der Waals surface area (Å²) in [5.74, 6) is 0. The fourth-order valence-corrected chi connectivity index (χ4v) is 1.71. The molecule has 1 aromatic carbocycles. The zero-order chi connectivity index (χ0) is 9.97. The van der Waals surface area contributed by atoms with E-state index in [4.69, 9.17) is 4.84 Å². The molecule has 0 bridgehead atoms. The van der Waals surface area contributed by atoms with Crippen molar-refractivity contribution in [3.05, 3.63) is 35.5 Å². The van der Waals surface area contributed by atoms with Crippen LogP contribution >= 0.6 is 0 Å². The van der Waals surface area contributed by atoms with Crippen molar-refractivity contribution in [3.63, 3.8) is 0 Å². The molecule has 14 heavy (non-hydrogen) atoms. The van der Waals surface area contributed by atoms with Crippen LogP contribution in [-0.4, -0.2) is 12.1 Å². The van der Waals surface area contributed by atoms with Crippen LogP contribution in [0.3, 0.4) is 0 Å². The summed E-state index contributed by atoms with van der Waals surface area (Å²) in [7, 11) is 1.63. The van der Waals surface area contributed by atoms with E-state index in [1.54, 1.807) is 7.11 Å². The summed E-state index contributed by atoms with van der Waals surface area (Å²) in [5, 5.41) is 1.26. The quantitative estimate of drug-likeness (QED) is 0.727. The van der Waals surface area contributed by atoms with Gasteiger partial charge in [0.2, 0.25) is 0 Å². The number of aryl methyl sites for hydroxylation is 1. The van der Waals surface area contributed by atoms with E-state index in [2.05, 4.69) is 29.5 Å². The molecule has 2 rings (SSSR count). The Hall–Kier alpha value is -1.32. The lowest BCUT2D eigenvalue weighted by atomic mass is 10.1. The molecule has 1 aromatic heterocycles. The Balaban J connectivity index is 2.45. The van der Waals surface area contributed by atoms with Gasteiger partial charge in [-0.15, -0.1) is 0 Å². The van der Waals surface area contributed by atoms with Crippen LogP contribution < -0.4 is 5.48 Å². The van der Waals surface area contributed by atoms with Crippen LogP contribution in [0, 0.1) is 6.92 Å². The van der Waals surface area contributed by atoms with Gasteiger partial charge in [-0.1, -0.05) is 18.2 Å². The molecule has 3 nitrogen and oxygen atoms in total. The highest BCUT2D eigenvalue weighted by atomic mass is 16.6. The normalized spacial score (nSPS) is 11.0. The maximum absolute atomic E-state index is 4.86.